The van der Waals surface area contributed by atoms with Gasteiger partial charge < -0.3 is 4.90 Å². The fraction of sp³-hybridized carbons (Fsp3) is 0.333. The summed E-state index contributed by atoms with van der Waals surface area (Å²) in [6.07, 6.45) is 0. The summed E-state index contributed by atoms with van der Waals surface area (Å²) in [5.41, 5.74) is 2.20. The number of hydrogen-bond acceptors (Lipinski definition) is 5. The first-order valence-electron chi connectivity index (χ1n) is 6.97. The number of halogens is 1. The van der Waals surface area contributed by atoms with Crippen LogP contribution in [0.3, 0.4) is 0 Å². The van der Waals surface area contributed by atoms with Crippen molar-refractivity contribution in [2.24, 2.45) is 0 Å². The molecule has 1 N–H and O–H groups in total. The van der Waals surface area contributed by atoms with Crippen LogP contribution in [0.2, 0.25) is 5.02 Å². The third-order valence-electron chi connectivity index (χ3n) is 3.19. The molecule has 1 aromatic carbocycles. The van der Waals surface area contributed by atoms with Crippen molar-refractivity contribution in [3.63, 3.8) is 0 Å². The van der Waals surface area contributed by atoms with E-state index in [4.69, 9.17) is 11.6 Å². The van der Waals surface area contributed by atoms with Crippen molar-refractivity contribution in [2.75, 3.05) is 19.0 Å². The van der Waals surface area contributed by atoms with Gasteiger partial charge >= 0.3 is 0 Å². The van der Waals surface area contributed by atoms with Gasteiger partial charge in [0.1, 0.15) is 0 Å². The second kappa shape index (κ2) is 6.82. The first-order chi connectivity index (χ1) is 10.7. The number of aryl methyl sites for hydroxylation is 2. The molecular weight excluding hydrogens is 336 g/mol. The first-order valence-corrected chi connectivity index (χ1v) is 8.83. The number of sulfonamides is 1. The van der Waals surface area contributed by atoms with Gasteiger partial charge in [0.05, 0.1) is 17.1 Å². The number of nitrogens with one attached hydrogen (secondary N) is 1. The zero-order chi connectivity index (χ0) is 17.2. The second-order valence-electron chi connectivity index (χ2n) is 5.43. The summed E-state index contributed by atoms with van der Waals surface area (Å²) in [7, 11) is 0.00863. The molecule has 0 aliphatic heterocycles. The number of benzene rings is 1. The molecule has 0 bridgehead atoms. The summed E-state index contributed by atoms with van der Waals surface area (Å²) < 4.78 is 27.2. The zero-order valence-corrected chi connectivity index (χ0v) is 15.0. The van der Waals surface area contributed by atoms with Crippen molar-refractivity contribution < 1.29 is 8.42 Å². The van der Waals surface area contributed by atoms with Gasteiger partial charge in [0.25, 0.3) is 0 Å². The topological polar surface area (TPSA) is 75.2 Å². The molecule has 0 fully saturated rings. The molecule has 2 aromatic rings. The van der Waals surface area contributed by atoms with Gasteiger partial charge in [-0.15, -0.1) is 0 Å². The van der Waals surface area contributed by atoms with Gasteiger partial charge in [-0.05, 0) is 37.6 Å². The molecule has 2 rings (SSSR count). The van der Waals surface area contributed by atoms with Gasteiger partial charge in [-0.1, -0.05) is 17.7 Å². The van der Waals surface area contributed by atoms with Crippen LogP contribution in [-0.4, -0.2) is 32.5 Å². The van der Waals surface area contributed by atoms with Gasteiger partial charge in [-0.3, -0.25) is 0 Å². The Bertz CT molecular complexity index is 822. The van der Waals surface area contributed by atoms with E-state index in [1.165, 1.54) is 12.1 Å². The average molecular weight is 355 g/mol. The molecule has 6 nitrogen and oxygen atoms in total. The van der Waals surface area contributed by atoms with Crippen LogP contribution in [0.15, 0.2) is 29.2 Å². The first kappa shape index (κ1) is 17.7. The van der Waals surface area contributed by atoms with E-state index < -0.39 is 10.0 Å². The Morgan fingerprint density at radius 1 is 1.17 bits per heavy atom. The van der Waals surface area contributed by atoms with E-state index in [1.807, 2.05) is 27.9 Å². The minimum Gasteiger partial charge on any atom is -0.347 e. The van der Waals surface area contributed by atoms with E-state index in [2.05, 4.69) is 14.7 Å². The summed E-state index contributed by atoms with van der Waals surface area (Å²) in [6.45, 7) is 3.74. The molecule has 0 saturated carbocycles. The molecule has 23 heavy (non-hydrogen) atoms. The molecule has 0 unspecified atom stereocenters. The fourth-order valence-corrected chi connectivity index (χ4v) is 3.17. The lowest BCUT2D eigenvalue weighted by atomic mass is 10.2. The minimum absolute atomic E-state index is 0.0814. The van der Waals surface area contributed by atoms with Crippen LogP contribution in [0, 0.1) is 13.8 Å². The largest absolute Gasteiger partial charge is 0.347 e. The molecule has 0 saturated heterocycles. The average Bonchev–Trinajstić information content (AvgIpc) is 2.47. The second-order valence-corrected chi connectivity index (χ2v) is 7.60. The van der Waals surface area contributed by atoms with Crippen LogP contribution in [0.1, 0.15) is 17.0 Å². The Morgan fingerprint density at radius 2 is 1.87 bits per heavy atom. The molecule has 0 atom stereocenters. The van der Waals surface area contributed by atoms with E-state index in [9.17, 15) is 8.42 Å². The van der Waals surface area contributed by atoms with Crippen LogP contribution in [0.5, 0.6) is 0 Å². The Kier molecular flexibility index (Phi) is 5.23. The highest BCUT2D eigenvalue weighted by Gasteiger charge is 2.15. The van der Waals surface area contributed by atoms with Crippen LogP contribution >= 0.6 is 11.6 Å². The molecular formula is C15H19ClN4O2S. The number of rotatable bonds is 5. The SMILES string of the molecule is Cc1cc(CNS(=O)(=O)c2ccc(C)c(Cl)c2)nc(N(C)C)n1. The molecule has 0 aliphatic carbocycles. The van der Waals surface area contributed by atoms with Crippen molar-refractivity contribution in [2.45, 2.75) is 25.3 Å². The molecule has 0 amide bonds. The lowest BCUT2D eigenvalue weighted by Gasteiger charge is -2.13. The van der Waals surface area contributed by atoms with E-state index in [-0.39, 0.29) is 11.4 Å². The van der Waals surface area contributed by atoms with Gasteiger partial charge in [0.15, 0.2) is 0 Å². The highest BCUT2D eigenvalue weighted by Crippen LogP contribution is 2.20. The number of anilines is 1. The third kappa shape index (κ3) is 4.40. The predicted octanol–water partition coefficient (Wildman–Crippen LogP) is 2.29. The van der Waals surface area contributed by atoms with E-state index in [1.54, 1.807) is 17.0 Å². The third-order valence-corrected chi connectivity index (χ3v) is 5.00. The van der Waals surface area contributed by atoms with Crippen LogP contribution in [-0.2, 0) is 16.6 Å². The molecule has 0 aliphatic rings. The van der Waals surface area contributed by atoms with Crippen LogP contribution < -0.4 is 9.62 Å². The summed E-state index contributed by atoms with van der Waals surface area (Å²) in [4.78, 5) is 10.5. The molecule has 1 aromatic heterocycles. The van der Waals surface area contributed by atoms with Crippen LogP contribution in [0.25, 0.3) is 0 Å². The summed E-state index contributed by atoms with van der Waals surface area (Å²) >= 11 is 6.00. The maximum absolute atomic E-state index is 12.3. The van der Waals surface area contributed by atoms with Gasteiger partial charge in [0.2, 0.25) is 16.0 Å². The molecule has 1 heterocycles. The Hall–Kier alpha value is -1.70. The minimum atomic E-state index is -3.65. The van der Waals surface area contributed by atoms with Gasteiger partial charge in [-0.25, -0.2) is 23.1 Å². The van der Waals surface area contributed by atoms with Crippen molar-refractivity contribution in [3.8, 4) is 0 Å². The van der Waals surface area contributed by atoms with Crippen molar-refractivity contribution in [1.29, 1.82) is 0 Å². The van der Waals surface area contributed by atoms with Crippen molar-refractivity contribution in [1.82, 2.24) is 14.7 Å². The van der Waals surface area contributed by atoms with Crippen molar-refractivity contribution in [3.05, 3.63) is 46.2 Å². The number of hydrogen-bond donors (Lipinski definition) is 1. The standard InChI is InChI=1S/C15H19ClN4O2S/c1-10-5-6-13(8-14(10)16)23(21,22)17-9-12-7-11(2)18-15(19-12)20(3)4/h5-8,17H,9H2,1-4H3. The Labute approximate surface area is 141 Å². The molecule has 0 radical (unpaired) electrons. The zero-order valence-electron chi connectivity index (χ0n) is 13.5. The Morgan fingerprint density at radius 3 is 2.48 bits per heavy atom. The van der Waals surface area contributed by atoms with Crippen molar-refractivity contribution >= 4 is 27.6 Å². The maximum Gasteiger partial charge on any atom is 0.240 e. The Balaban J connectivity index is 2.20. The van der Waals surface area contributed by atoms with Gasteiger partial charge in [0, 0.05) is 24.8 Å². The molecule has 8 heteroatoms. The van der Waals surface area contributed by atoms with E-state index in [0.717, 1.165) is 11.3 Å². The lowest BCUT2D eigenvalue weighted by Crippen LogP contribution is -2.24. The fourth-order valence-electron chi connectivity index (χ4n) is 1.90. The number of nitrogens with zero attached hydrogens (tertiary/aromatic N) is 3. The quantitative estimate of drug-likeness (QED) is 0.891. The molecule has 0 spiro atoms. The highest BCUT2D eigenvalue weighted by atomic mass is 35.5. The predicted molar refractivity (Wildman–Crippen MR) is 91.3 cm³/mol. The highest BCUT2D eigenvalue weighted by molar-refractivity contribution is 7.89. The summed E-state index contributed by atoms with van der Waals surface area (Å²) in [5, 5.41) is 0.417. The smallest absolute Gasteiger partial charge is 0.240 e. The van der Waals surface area contributed by atoms with E-state index >= 15 is 0 Å². The normalized spacial score (nSPS) is 11.5. The lowest BCUT2D eigenvalue weighted by molar-refractivity contribution is 0.580. The van der Waals surface area contributed by atoms with Gasteiger partial charge in [-0.2, -0.15) is 0 Å². The summed E-state index contributed by atoms with van der Waals surface area (Å²) in [6, 6.07) is 6.39. The maximum atomic E-state index is 12.3. The monoisotopic (exact) mass is 354 g/mol. The molecule has 124 valence electrons. The van der Waals surface area contributed by atoms with Crippen LogP contribution in [0.4, 0.5) is 5.95 Å². The van der Waals surface area contributed by atoms with E-state index in [0.29, 0.717) is 16.7 Å². The number of aromatic nitrogens is 2. The summed E-state index contributed by atoms with van der Waals surface area (Å²) in [5.74, 6) is 0.539.